The van der Waals surface area contributed by atoms with Crippen molar-refractivity contribution in [3.05, 3.63) is 0 Å². The van der Waals surface area contributed by atoms with E-state index in [1.807, 2.05) is 0 Å². The van der Waals surface area contributed by atoms with Crippen molar-refractivity contribution < 1.29 is 19.4 Å². The van der Waals surface area contributed by atoms with Gasteiger partial charge in [0.15, 0.2) is 5.78 Å². The Kier molecular flexibility index (Phi) is 3.39. The summed E-state index contributed by atoms with van der Waals surface area (Å²) in [6.45, 7) is -0.0331. The maximum Gasteiger partial charge on any atom is 0.310 e. The molecule has 0 aromatic carbocycles. The number of nitrogens with one attached hydrogen (secondary N) is 1. The third-order valence-corrected chi connectivity index (χ3v) is 2.21. The van der Waals surface area contributed by atoms with Crippen LogP contribution in [0.1, 0.15) is 6.42 Å². The van der Waals surface area contributed by atoms with Crippen LogP contribution < -0.4 is 5.32 Å². The van der Waals surface area contributed by atoms with Gasteiger partial charge < -0.3 is 15.2 Å². The zero-order valence-corrected chi connectivity index (χ0v) is 7.45. The van der Waals surface area contributed by atoms with Crippen molar-refractivity contribution in [2.75, 3.05) is 20.3 Å². The Balaban J connectivity index is 2.44. The van der Waals surface area contributed by atoms with Gasteiger partial charge in [0.05, 0.1) is 19.1 Å². The van der Waals surface area contributed by atoms with Gasteiger partial charge in [0.25, 0.3) is 0 Å². The highest BCUT2D eigenvalue weighted by molar-refractivity contribution is 5.86. The van der Waals surface area contributed by atoms with E-state index in [-0.39, 0.29) is 17.7 Å². The third-order valence-electron chi connectivity index (χ3n) is 2.21. The van der Waals surface area contributed by atoms with Gasteiger partial charge in [-0.15, -0.1) is 0 Å². The first-order chi connectivity index (χ1) is 6.19. The number of esters is 1. The van der Waals surface area contributed by atoms with Crippen LogP contribution in [0.15, 0.2) is 0 Å². The van der Waals surface area contributed by atoms with Gasteiger partial charge in [-0.25, -0.2) is 0 Å². The molecule has 5 nitrogen and oxygen atoms in total. The highest BCUT2D eigenvalue weighted by atomic mass is 16.5. The number of carbonyl (C=O) groups excluding carboxylic acids is 2. The summed E-state index contributed by atoms with van der Waals surface area (Å²) in [5, 5.41) is 11.4. The largest absolute Gasteiger partial charge is 0.469 e. The monoisotopic (exact) mass is 187 g/mol. The molecule has 0 radical (unpaired) electrons. The van der Waals surface area contributed by atoms with Crippen LogP contribution in [0, 0.1) is 5.92 Å². The quantitative estimate of drug-likeness (QED) is 0.537. The first-order valence-corrected chi connectivity index (χ1v) is 4.13. The number of hydrogen-bond donors (Lipinski definition) is 2. The van der Waals surface area contributed by atoms with E-state index in [4.69, 9.17) is 5.11 Å². The van der Waals surface area contributed by atoms with E-state index >= 15 is 0 Å². The molecular formula is C8H13NO4. The summed E-state index contributed by atoms with van der Waals surface area (Å²) in [6, 6.07) is -0.394. The Morgan fingerprint density at radius 3 is 2.85 bits per heavy atom. The van der Waals surface area contributed by atoms with Crippen LogP contribution in [0.25, 0.3) is 0 Å². The van der Waals surface area contributed by atoms with E-state index < -0.39 is 12.6 Å². The standard InChI is InChI=1S/C8H13NO4/c1-13-8(12)5-2-6(9-3-5)7(11)4-10/h5-6,9-10H,2-4H2,1H3/t5-,6-/m0/s1. The summed E-state index contributed by atoms with van der Waals surface area (Å²) in [4.78, 5) is 22.0. The molecule has 13 heavy (non-hydrogen) atoms. The fourth-order valence-electron chi connectivity index (χ4n) is 1.44. The number of ketones is 1. The summed E-state index contributed by atoms with van der Waals surface area (Å²) in [7, 11) is 1.32. The molecule has 0 saturated carbocycles. The van der Waals surface area contributed by atoms with Crippen molar-refractivity contribution in [2.45, 2.75) is 12.5 Å². The SMILES string of the molecule is COC(=O)[C@@H]1CN[C@H](C(=O)CO)C1. The first-order valence-electron chi connectivity index (χ1n) is 4.13. The molecule has 0 aromatic rings. The third kappa shape index (κ3) is 2.26. The van der Waals surface area contributed by atoms with Crippen LogP contribution >= 0.6 is 0 Å². The fourth-order valence-corrected chi connectivity index (χ4v) is 1.44. The Morgan fingerprint density at radius 2 is 2.31 bits per heavy atom. The summed E-state index contributed by atoms with van der Waals surface area (Å²) >= 11 is 0. The Bertz CT molecular complexity index is 194. The summed E-state index contributed by atoms with van der Waals surface area (Å²) < 4.78 is 4.54. The van der Waals surface area contributed by atoms with Crippen molar-refractivity contribution in [1.82, 2.24) is 5.32 Å². The average molecular weight is 187 g/mol. The minimum Gasteiger partial charge on any atom is -0.469 e. The van der Waals surface area contributed by atoms with Crippen molar-refractivity contribution in [1.29, 1.82) is 0 Å². The Morgan fingerprint density at radius 1 is 1.62 bits per heavy atom. The van der Waals surface area contributed by atoms with Crippen LogP contribution in [-0.4, -0.2) is 43.2 Å². The van der Waals surface area contributed by atoms with E-state index in [1.54, 1.807) is 0 Å². The second-order valence-electron chi connectivity index (χ2n) is 3.04. The zero-order valence-electron chi connectivity index (χ0n) is 7.45. The second kappa shape index (κ2) is 4.34. The maximum absolute atomic E-state index is 11.0. The molecule has 1 saturated heterocycles. The van der Waals surface area contributed by atoms with Gasteiger partial charge in [0, 0.05) is 6.54 Å². The normalized spacial score (nSPS) is 27.2. The minimum absolute atomic E-state index is 0.259. The number of methoxy groups -OCH3 is 1. The molecule has 74 valence electrons. The van der Waals surface area contributed by atoms with Crippen LogP contribution in [0.3, 0.4) is 0 Å². The van der Waals surface area contributed by atoms with E-state index in [1.165, 1.54) is 7.11 Å². The smallest absolute Gasteiger partial charge is 0.310 e. The Labute approximate surface area is 76.1 Å². The molecule has 1 heterocycles. The lowest BCUT2D eigenvalue weighted by Crippen LogP contribution is -2.32. The van der Waals surface area contributed by atoms with Gasteiger partial charge in [0.2, 0.25) is 0 Å². The lowest BCUT2D eigenvalue weighted by atomic mass is 10.0. The number of hydrogen-bond acceptors (Lipinski definition) is 5. The molecule has 1 fully saturated rings. The molecule has 0 amide bonds. The van der Waals surface area contributed by atoms with Gasteiger partial charge in [0.1, 0.15) is 6.61 Å². The Hall–Kier alpha value is -0.940. The molecule has 1 aliphatic rings. The van der Waals surface area contributed by atoms with Gasteiger partial charge >= 0.3 is 5.97 Å². The van der Waals surface area contributed by atoms with Crippen molar-refractivity contribution >= 4 is 11.8 Å². The minimum atomic E-state index is -0.481. The van der Waals surface area contributed by atoms with Crippen LogP contribution in [0.2, 0.25) is 0 Å². The zero-order chi connectivity index (χ0) is 9.84. The highest BCUT2D eigenvalue weighted by Crippen LogP contribution is 2.15. The number of ether oxygens (including phenoxy) is 1. The van der Waals surface area contributed by atoms with Crippen LogP contribution in [0.4, 0.5) is 0 Å². The average Bonchev–Trinajstić information content (AvgIpc) is 2.64. The molecule has 0 spiro atoms. The number of aliphatic hydroxyl groups is 1. The molecule has 1 rings (SSSR count). The lowest BCUT2D eigenvalue weighted by Gasteiger charge is -2.06. The summed E-state index contributed by atoms with van der Waals surface area (Å²) in [6.07, 6.45) is 0.423. The molecule has 1 aliphatic heterocycles. The highest BCUT2D eigenvalue weighted by Gasteiger charge is 2.33. The molecule has 0 unspecified atom stereocenters. The van der Waals surface area contributed by atoms with E-state index in [2.05, 4.69) is 10.1 Å². The number of aliphatic hydroxyl groups excluding tert-OH is 1. The summed E-state index contributed by atoms with van der Waals surface area (Å²) in [5.41, 5.74) is 0. The molecule has 5 heteroatoms. The fraction of sp³-hybridized carbons (Fsp3) is 0.750. The predicted octanol–water partition coefficient (Wildman–Crippen LogP) is -1.30. The predicted molar refractivity (Wildman–Crippen MR) is 44.0 cm³/mol. The van der Waals surface area contributed by atoms with Gasteiger partial charge in [-0.1, -0.05) is 0 Å². The molecule has 0 aliphatic carbocycles. The van der Waals surface area contributed by atoms with E-state index in [0.29, 0.717) is 13.0 Å². The van der Waals surface area contributed by atoms with Gasteiger partial charge in [-0.3, -0.25) is 9.59 Å². The van der Waals surface area contributed by atoms with Crippen molar-refractivity contribution in [2.24, 2.45) is 5.92 Å². The van der Waals surface area contributed by atoms with Gasteiger partial charge in [-0.05, 0) is 6.42 Å². The topological polar surface area (TPSA) is 75.6 Å². The molecule has 2 N–H and O–H groups in total. The van der Waals surface area contributed by atoms with Crippen LogP contribution in [0.5, 0.6) is 0 Å². The molecular weight excluding hydrogens is 174 g/mol. The molecule has 0 aromatic heterocycles. The molecule has 2 atom stereocenters. The summed E-state index contributed by atoms with van der Waals surface area (Å²) in [5.74, 6) is -0.836. The van der Waals surface area contributed by atoms with Crippen molar-refractivity contribution in [3.8, 4) is 0 Å². The van der Waals surface area contributed by atoms with Crippen molar-refractivity contribution in [3.63, 3.8) is 0 Å². The lowest BCUT2D eigenvalue weighted by molar-refractivity contribution is -0.144. The first kappa shape index (κ1) is 10.1. The maximum atomic E-state index is 11.0. The van der Waals surface area contributed by atoms with Crippen LogP contribution in [-0.2, 0) is 14.3 Å². The number of carbonyl (C=O) groups is 2. The van der Waals surface area contributed by atoms with Gasteiger partial charge in [-0.2, -0.15) is 0 Å². The van der Waals surface area contributed by atoms with E-state index in [0.717, 1.165) is 0 Å². The number of Topliss-reactive ketones (excluding diaryl/α,β-unsaturated/α-hetero) is 1. The number of rotatable bonds is 3. The molecule has 0 bridgehead atoms. The second-order valence-corrected chi connectivity index (χ2v) is 3.04. The van der Waals surface area contributed by atoms with E-state index in [9.17, 15) is 9.59 Å².